The van der Waals surface area contributed by atoms with Gasteiger partial charge in [-0.3, -0.25) is 0 Å². The van der Waals surface area contributed by atoms with E-state index in [4.69, 9.17) is 5.14 Å². The molecule has 0 aromatic heterocycles. The van der Waals surface area contributed by atoms with Crippen LogP contribution in [0.25, 0.3) is 0 Å². The van der Waals surface area contributed by atoms with Gasteiger partial charge in [0.25, 0.3) is 0 Å². The Morgan fingerprint density at radius 3 is 2.50 bits per heavy atom. The van der Waals surface area contributed by atoms with E-state index in [0.29, 0.717) is 12.3 Å². The summed E-state index contributed by atoms with van der Waals surface area (Å²) in [4.78, 5) is 0. The lowest BCUT2D eigenvalue weighted by Gasteiger charge is -2.11. The first kappa shape index (κ1) is 9.74. The van der Waals surface area contributed by atoms with Crippen molar-refractivity contribution in [3.63, 3.8) is 0 Å². The van der Waals surface area contributed by atoms with Crippen molar-refractivity contribution >= 4 is 10.0 Å². The molecule has 1 aliphatic rings. The molecule has 0 saturated heterocycles. The largest absolute Gasteiger partial charge is 0.228 e. The van der Waals surface area contributed by atoms with Gasteiger partial charge < -0.3 is 0 Å². The Kier molecular flexibility index (Phi) is 2.90. The van der Waals surface area contributed by atoms with Crippen molar-refractivity contribution in [2.75, 3.05) is 0 Å². The van der Waals surface area contributed by atoms with E-state index in [1.807, 2.05) is 0 Å². The quantitative estimate of drug-likeness (QED) is 0.656. The van der Waals surface area contributed by atoms with Crippen LogP contribution >= 0.6 is 0 Å². The summed E-state index contributed by atoms with van der Waals surface area (Å²) in [5.74, 6) is 0.319. The summed E-state index contributed by atoms with van der Waals surface area (Å²) >= 11 is 0. The van der Waals surface area contributed by atoms with Gasteiger partial charge >= 0.3 is 0 Å². The number of allylic oxidation sites excluding steroid dienone is 1. The van der Waals surface area contributed by atoms with Gasteiger partial charge in [0, 0.05) is 0 Å². The molecule has 1 fully saturated rings. The number of primary sulfonamides is 1. The van der Waals surface area contributed by atoms with Gasteiger partial charge in [-0.2, -0.15) is 0 Å². The van der Waals surface area contributed by atoms with Crippen LogP contribution in [0.1, 0.15) is 25.7 Å². The zero-order valence-corrected chi connectivity index (χ0v) is 7.89. The van der Waals surface area contributed by atoms with Gasteiger partial charge in [-0.15, -0.1) is 6.58 Å². The van der Waals surface area contributed by atoms with Gasteiger partial charge in [0.05, 0.1) is 5.25 Å². The minimum absolute atomic E-state index is 0.319. The maximum atomic E-state index is 11.1. The zero-order chi connectivity index (χ0) is 9.19. The van der Waals surface area contributed by atoms with E-state index in [-0.39, 0.29) is 5.25 Å². The highest BCUT2D eigenvalue weighted by Crippen LogP contribution is 2.37. The Morgan fingerprint density at radius 1 is 1.58 bits per heavy atom. The van der Waals surface area contributed by atoms with E-state index >= 15 is 0 Å². The second-order valence-corrected chi connectivity index (χ2v) is 5.11. The molecule has 1 rings (SSSR count). The molecule has 1 atom stereocenters. The maximum Gasteiger partial charge on any atom is 0.212 e. The Balaban J connectivity index is 2.55. The van der Waals surface area contributed by atoms with Crippen LogP contribution in [0.3, 0.4) is 0 Å². The molecule has 3 nitrogen and oxygen atoms in total. The van der Waals surface area contributed by atoms with E-state index in [9.17, 15) is 8.42 Å². The third kappa shape index (κ3) is 2.60. The lowest BCUT2D eigenvalue weighted by atomic mass is 10.2. The second kappa shape index (κ2) is 3.58. The van der Waals surface area contributed by atoms with E-state index in [2.05, 4.69) is 6.58 Å². The van der Waals surface area contributed by atoms with Gasteiger partial charge in [0.2, 0.25) is 10.0 Å². The summed E-state index contributed by atoms with van der Waals surface area (Å²) in [6.07, 6.45) is 5.13. The van der Waals surface area contributed by atoms with Crippen molar-refractivity contribution in [1.82, 2.24) is 0 Å². The fourth-order valence-corrected chi connectivity index (χ4v) is 2.69. The molecule has 0 heterocycles. The van der Waals surface area contributed by atoms with Crippen molar-refractivity contribution in [3.05, 3.63) is 12.7 Å². The maximum absolute atomic E-state index is 11.1. The Labute approximate surface area is 73.7 Å². The Hall–Kier alpha value is -0.350. The molecule has 0 bridgehead atoms. The van der Waals surface area contributed by atoms with Gasteiger partial charge in [0.15, 0.2) is 0 Å². The molecule has 0 amide bonds. The number of hydrogen-bond acceptors (Lipinski definition) is 2. The summed E-state index contributed by atoms with van der Waals surface area (Å²) in [7, 11) is -3.32. The third-order valence-electron chi connectivity index (χ3n) is 2.23. The molecule has 2 N–H and O–H groups in total. The molecule has 0 unspecified atom stereocenters. The van der Waals surface area contributed by atoms with Gasteiger partial charge in [-0.05, 0) is 31.6 Å². The molecule has 12 heavy (non-hydrogen) atoms. The van der Waals surface area contributed by atoms with E-state index in [1.54, 1.807) is 6.08 Å². The first-order valence-electron chi connectivity index (χ1n) is 4.18. The molecule has 0 aliphatic heterocycles. The van der Waals surface area contributed by atoms with Crippen molar-refractivity contribution < 1.29 is 8.42 Å². The van der Waals surface area contributed by atoms with E-state index < -0.39 is 10.0 Å². The normalized spacial score (nSPS) is 20.4. The monoisotopic (exact) mass is 189 g/mol. The van der Waals surface area contributed by atoms with Crippen LogP contribution in [-0.2, 0) is 10.0 Å². The average Bonchev–Trinajstić information content (AvgIpc) is 2.69. The smallest absolute Gasteiger partial charge is 0.212 e. The van der Waals surface area contributed by atoms with E-state index in [0.717, 1.165) is 19.3 Å². The number of hydrogen-bond donors (Lipinski definition) is 1. The summed E-state index contributed by atoms with van der Waals surface area (Å²) < 4.78 is 22.1. The van der Waals surface area contributed by atoms with Crippen LogP contribution in [0, 0.1) is 5.92 Å². The van der Waals surface area contributed by atoms with Crippen molar-refractivity contribution in [3.8, 4) is 0 Å². The first-order chi connectivity index (χ1) is 5.55. The molecule has 0 spiro atoms. The summed E-state index contributed by atoms with van der Waals surface area (Å²) in [5, 5.41) is 4.78. The summed E-state index contributed by atoms with van der Waals surface area (Å²) in [6.45, 7) is 3.56. The van der Waals surface area contributed by atoms with Crippen molar-refractivity contribution in [1.29, 1.82) is 0 Å². The molecular formula is C8H15NO2S. The standard InChI is InChI=1S/C8H15NO2S/c1-2-3-4-8(7-5-6-7)12(9,10)11/h2,7-8H,1,3-6H2,(H2,9,10,11)/t8-/m0/s1. The van der Waals surface area contributed by atoms with Crippen LogP contribution < -0.4 is 5.14 Å². The zero-order valence-electron chi connectivity index (χ0n) is 7.07. The fourth-order valence-electron chi connectivity index (χ4n) is 1.42. The van der Waals surface area contributed by atoms with Crippen LogP contribution in [-0.4, -0.2) is 13.7 Å². The minimum atomic E-state index is -3.32. The van der Waals surface area contributed by atoms with Crippen molar-refractivity contribution in [2.24, 2.45) is 11.1 Å². The molecule has 0 aromatic carbocycles. The highest BCUT2D eigenvalue weighted by molar-refractivity contribution is 7.89. The van der Waals surface area contributed by atoms with E-state index in [1.165, 1.54) is 0 Å². The number of rotatable bonds is 5. The van der Waals surface area contributed by atoms with Gasteiger partial charge in [0.1, 0.15) is 0 Å². The average molecular weight is 189 g/mol. The number of nitrogens with two attached hydrogens (primary N) is 1. The predicted molar refractivity (Wildman–Crippen MR) is 49.1 cm³/mol. The summed E-state index contributed by atoms with van der Waals surface area (Å²) in [6, 6.07) is 0. The predicted octanol–water partition coefficient (Wildman–Crippen LogP) is 1.02. The summed E-state index contributed by atoms with van der Waals surface area (Å²) in [5.41, 5.74) is 0. The SMILES string of the molecule is C=CCC[C@@H](C1CC1)S(N)(=O)=O. The highest BCUT2D eigenvalue weighted by atomic mass is 32.2. The van der Waals surface area contributed by atoms with Crippen LogP contribution in [0.5, 0.6) is 0 Å². The molecule has 4 heteroatoms. The Morgan fingerprint density at radius 2 is 2.17 bits per heavy atom. The second-order valence-electron chi connectivity index (χ2n) is 3.33. The fraction of sp³-hybridized carbons (Fsp3) is 0.750. The van der Waals surface area contributed by atoms with Gasteiger partial charge in [-0.1, -0.05) is 6.08 Å². The topological polar surface area (TPSA) is 60.2 Å². The highest BCUT2D eigenvalue weighted by Gasteiger charge is 2.37. The molecule has 0 radical (unpaired) electrons. The number of sulfonamides is 1. The first-order valence-corrected chi connectivity index (χ1v) is 5.79. The molecule has 1 saturated carbocycles. The minimum Gasteiger partial charge on any atom is -0.228 e. The van der Waals surface area contributed by atoms with Gasteiger partial charge in [-0.25, -0.2) is 13.6 Å². The molecular weight excluding hydrogens is 174 g/mol. The Bertz CT molecular complexity index is 254. The lowest BCUT2D eigenvalue weighted by molar-refractivity contribution is 0.557. The molecule has 0 aromatic rings. The van der Waals surface area contributed by atoms with Crippen LogP contribution in [0.4, 0.5) is 0 Å². The molecule has 70 valence electrons. The van der Waals surface area contributed by atoms with Crippen LogP contribution in [0.15, 0.2) is 12.7 Å². The van der Waals surface area contributed by atoms with Crippen LogP contribution in [0.2, 0.25) is 0 Å². The third-order valence-corrected chi connectivity index (χ3v) is 3.69. The molecule has 1 aliphatic carbocycles. The van der Waals surface area contributed by atoms with Crippen molar-refractivity contribution in [2.45, 2.75) is 30.9 Å². The lowest BCUT2D eigenvalue weighted by Crippen LogP contribution is -2.30.